The highest BCUT2D eigenvalue weighted by molar-refractivity contribution is 6.34. The molecule has 0 saturated carbocycles. The molecule has 2 N–H and O–H groups in total. The van der Waals surface area contributed by atoms with Gasteiger partial charge in [-0.1, -0.05) is 11.6 Å². The van der Waals surface area contributed by atoms with Crippen molar-refractivity contribution in [3.8, 4) is 5.88 Å². The first-order valence-corrected chi connectivity index (χ1v) is 6.16. The van der Waals surface area contributed by atoms with Crippen molar-refractivity contribution in [2.24, 2.45) is 0 Å². The molecule has 0 atom stereocenters. The van der Waals surface area contributed by atoms with E-state index in [0.717, 1.165) is 0 Å². The van der Waals surface area contributed by atoms with Crippen molar-refractivity contribution < 1.29 is 9.53 Å². The third-order valence-corrected chi connectivity index (χ3v) is 2.86. The van der Waals surface area contributed by atoms with E-state index in [1.165, 1.54) is 19.5 Å². The molecule has 0 aliphatic carbocycles. The van der Waals surface area contributed by atoms with Gasteiger partial charge in [-0.05, 0) is 12.1 Å². The molecule has 2 rings (SSSR count). The summed E-state index contributed by atoms with van der Waals surface area (Å²) in [6.07, 6.45) is 2.93. The number of ether oxygens (including phenoxy) is 1. The number of pyridine rings is 2. The number of methoxy groups -OCH3 is 1. The summed E-state index contributed by atoms with van der Waals surface area (Å²) in [5, 5.41) is 5.83. The molecule has 0 aliphatic rings. The van der Waals surface area contributed by atoms with Crippen LogP contribution < -0.4 is 15.4 Å². The van der Waals surface area contributed by atoms with Gasteiger partial charge in [0.25, 0.3) is 5.91 Å². The van der Waals surface area contributed by atoms with Gasteiger partial charge in [-0.15, -0.1) is 0 Å². The molecule has 2 heterocycles. The molecule has 2 aromatic heterocycles. The topological polar surface area (TPSA) is 76.1 Å². The second-order valence-electron chi connectivity index (χ2n) is 3.84. The first-order valence-electron chi connectivity index (χ1n) is 5.78. The predicted molar refractivity (Wildman–Crippen MR) is 77.5 cm³/mol. The molecule has 1 amide bonds. The number of nitrogens with one attached hydrogen (secondary N) is 2. The van der Waals surface area contributed by atoms with Crippen molar-refractivity contribution in [2.75, 3.05) is 24.8 Å². The van der Waals surface area contributed by atoms with Crippen molar-refractivity contribution in [1.29, 1.82) is 0 Å². The Balaban J connectivity index is 2.18. The Bertz CT molecular complexity index is 616. The molecule has 0 radical (unpaired) electrons. The molecule has 20 heavy (non-hydrogen) atoms. The van der Waals surface area contributed by atoms with Gasteiger partial charge < -0.3 is 15.4 Å². The van der Waals surface area contributed by atoms with Crippen LogP contribution in [0.1, 0.15) is 10.4 Å². The number of hydrogen-bond acceptors (Lipinski definition) is 5. The van der Waals surface area contributed by atoms with Crippen LogP contribution in [0.5, 0.6) is 5.88 Å². The molecule has 0 spiro atoms. The third-order valence-electron chi connectivity index (χ3n) is 2.56. The number of halogens is 1. The molecule has 0 fully saturated rings. The molecule has 7 heteroatoms. The number of rotatable bonds is 4. The summed E-state index contributed by atoms with van der Waals surface area (Å²) in [4.78, 5) is 20.2. The lowest BCUT2D eigenvalue weighted by Gasteiger charge is -2.08. The average molecular weight is 293 g/mol. The van der Waals surface area contributed by atoms with E-state index in [1.54, 1.807) is 25.2 Å². The zero-order valence-electron chi connectivity index (χ0n) is 11.0. The minimum Gasteiger partial charge on any atom is -0.481 e. The predicted octanol–water partition coefficient (Wildman–Crippen LogP) is 2.43. The lowest BCUT2D eigenvalue weighted by Crippen LogP contribution is -2.13. The van der Waals surface area contributed by atoms with Gasteiger partial charge in [-0.25, -0.2) is 9.97 Å². The fraction of sp³-hybridized carbons (Fsp3) is 0.154. The lowest BCUT2D eigenvalue weighted by atomic mass is 10.2. The van der Waals surface area contributed by atoms with Crippen LogP contribution in [-0.4, -0.2) is 30.0 Å². The molecule has 104 valence electrons. The van der Waals surface area contributed by atoms with Crippen LogP contribution in [0.2, 0.25) is 5.02 Å². The maximum Gasteiger partial charge on any atom is 0.257 e. The van der Waals surface area contributed by atoms with Gasteiger partial charge in [0.15, 0.2) is 0 Å². The fourth-order valence-corrected chi connectivity index (χ4v) is 1.71. The molecular formula is C13H13ClN4O2. The third kappa shape index (κ3) is 3.16. The molecule has 0 aliphatic heterocycles. The van der Waals surface area contributed by atoms with E-state index < -0.39 is 0 Å². The van der Waals surface area contributed by atoms with Gasteiger partial charge in [0.05, 0.1) is 29.6 Å². The number of nitrogens with zero attached hydrogens (tertiary/aromatic N) is 2. The van der Waals surface area contributed by atoms with E-state index in [0.29, 0.717) is 22.9 Å². The number of carbonyl (C=O) groups excluding carboxylic acids is 1. The summed E-state index contributed by atoms with van der Waals surface area (Å²) in [6, 6.07) is 4.93. The van der Waals surface area contributed by atoms with E-state index in [4.69, 9.17) is 16.3 Å². The van der Waals surface area contributed by atoms with Gasteiger partial charge in [0, 0.05) is 19.3 Å². The Morgan fingerprint density at radius 2 is 2.10 bits per heavy atom. The molecule has 0 aromatic carbocycles. The summed E-state index contributed by atoms with van der Waals surface area (Å²) in [7, 11) is 3.24. The van der Waals surface area contributed by atoms with E-state index in [1.807, 2.05) is 0 Å². The zero-order valence-corrected chi connectivity index (χ0v) is 11.7. The Morgan fingerprint density at radius 3 is 2.70 bits per heavy atom. The van der Waals surface area contributed by atoms with Crippen molar-refractivity contribution in [2.45, 2.75) is 0 Å². The highest BCUT2D eigenvalue weighted by Crippen LogP contribution is 2.20. The molecule has 0 unspecified atom stereocenters. The van der Waals surface area contributed by atoms with Crippen LogP contribution in [0.3, 0.4) is 0 Å². The van der Waals surface area contributed by atoms with Crippen LogP contribution >= 0.6 is 11.6 Å². The number of aromatic nitrogens is 2. The number of carbonyl (C=O) groups is 1. The fourth-order valence-electron chi connectivity index (χ4n) is 1.52. The Kier molecular flexibility index (Phi) is 4.37. The van der Waals surface area contributed by atoms with Gasteiger partial charge in [-0.2, -0.15) is 0 Å². The van der Waals surface area contributed by atoms with Gasteiger partial charge in [-0.3, -0.25) is 4.79 Å². The monoisotopic (exact) mass is 292 g/mol. The normalized spacial score (nSPS) is 9.95. The molecule has 0 saturated heterocycles. The van der Waals surface area contributed by atoms with Crippen LogP contribution in [0.4, 0.5) is 11.5 Å². The first kappa shape index (κ1) is 14.1. The van der Waals surface area contributed by atoms with Crippen molar-refractivity contribution in [1.82, 2.24) is 9.97 Å². The smallest absolute Gasteiger partial charge is 0.257 e. The van der Waals surface area contributed by atoms with Gasteiger partial charge in [0.2, 0.25) is 5.88 Å². The average Bonchev–Trinajstić information content (AvgIpc) is 2.48. The minimum absolute atomic E-state index is 0.281. The maximum absolute atomic E-state index is 12.1. The summed E-state index contributed by atoms with van der Waals surface area (Å²) in [5.41, 5.74) is 0.886. The molecule has 0 bridgehead atoms. The van der Waals surface area contributed by atoms with E-state index in [9.17, 15) is 4.79 Å². The van der Waals surface area contributed by atoms with Crippen LogP contribution in [0.15, 0.2) is 30.6 Å². The molecule has 6 nitrogen and oxygen atoms in total. The highest BCUT2D eigenvalue weighted by Gasteiger charge is 2.12. The number of anilines is 2. The van der Waals surface area contributed by atoms with Gasteiger partial charge >= 0.3 is 0 Å². The quantitative estimate of drug-likeness (QED) is 0.905. The number of amides is 1. The maximum atomic E-state index is 12.1. The van der Waals surface area contributed by atoms with E-state index in [2.05, 4.69) is 20.6 Å². The van der Waals surface area contributed by atoms with Crippen LogP contribution in [0.25, 0.3) is 0 Å². The van der Waals surface area contributed by atoms with Crippen molar-refractivity contribution in [3.05, 3.63) is 41.2 Å². The summed E-state index contributed by atoms with van der Waals surface area (Å²) in [5.74, 6) is 0.704. The SMILES string of the molecule is CNc1cc(C(=O)Nc2ccc(OC)nc2)c(Cl)cn1. The largest absolute Gasteiger partial charge is 0.481 e. The Morgan fingerprint density at radius 1 is 1.30 bits per heavy atom. The number of hydrogen-bond donors (Lipinski definition) is 2. The molecule has 2 aromatic rings. The summed E-state index contributed by atoms with van der Waals surface area (Å²) >= 11 is 5.98. The van der Waals surface area contributed by atoms with Crippen LogP contribution in [-0.2, 0) is 0 Å². The van der Waals surface area contributed by atoms with Crippen molar-refractivity contribution >= 4 is 29.0 Å². The minimum atomic E-state index is -0.333. The highest BCUT2D eigenvalue weighted by atomic mass is 35.5. The summed E-state index contributed by atoms with van der Waals surface area (Å²) < 4.78 is 4.95. The van der Waals surface area contributed by atoms with Gasteiger partial charge in [0.1, 0.15) is 5.82 Å². The van der Waals surface area contributed by atoms with Crippen molar-refractivity contribution in [3.63, 3.8) is 0 Å². The lowest BCUT2D eigenvalue weighted by molar-refractivity contribution is 0.102. The second-order valence-corrected chi connectivity index (χ2v) is 4.25. The Hall–Kier alpha value is -2.34. The second kappa shape index (κ2) is 6.21. The molecular weight excluding hydrogens is 280 g/mol. The zero-order chi connectivity index (χ0) is 14.5. The first-order chi connectivity index (χ1) is 9.63. The van der Waals surface area contributed by atoms with E-state index in [-0.39, 0.29) is 10.9 Å². The standard InChI is InChI=1S/C13H13ClN4O2/c1-15-11-5-9(10(14)7-16-11)13(19)18-8-3-4-12(20-2)17-6-8/h3-7H,1-2H3,(H,15,16)(H,18,19). The van der Waals surface area contributed by atoms with E-state index >= 15 is 0 Å². The Labute approximate surface area is 121 Å². The van der Waals surface area contributed by atoms with Crippen LogP contribution in [0, 0.1) is 0 Å². The summed E-state index contributed by atoms with van der Waals surface area (Å²) in [6.45, 7) is 0.